The normalized spacial score (nSPS) is 21.1. The molecule has 0 spiro atoms. The van der Waals surface area contributed by atoms with Gasteiger partial charge in [0.1, 0.15) is 5.75 Å². The average molecular weight is 326 g/mol. The summed E-state index contributed by atoms with van der Waals surface area (Å²) in [5, 5.41) is 19.5. The van der Waals surface area contributed by atoms with Gasteiger partial charge in [-0.25, -0.2) is 0 Å². The third-order valence-electron chi connectivity index (χ3n) is 4.95. The lowest BCUT2D eigenvalue weighted by Gasteiger charge is -2.36. The molecule has 1 aromatic heterocycles. The zero-order chi connectivity index (χ0) is 16.9. The number of aromatic nitrogens is 1. The van der Waals surface area contributed by atoms with Gasteiger partial charge in [-0.05, 0) is 61.9 Å². The Morgan fingerprint density at radius 2 is 1.88 bits per heavy atom. The maximum Gasteiger partial charge on any atom is 0.115 e. The van der Waals surface area contributed by atoms with E-state index in [1.54, 1.807) is 6.07 Å². The van der Waals surface area contributed by atoms with E-state index in [-0.39, 0.29) is 6.10 Å². The molecule has 1 aromatic carbocycles. The lowest BCUT2D eigenvalue weighted by atomic mass is 9.91. The van der Waals surface area contributed by atoms with Gasteiger partial charge in [-0.15, -0.1) is 0 Å². The molecule has 128 valence electrons. The molecule has 3 rings (SSSR count). The first-order chi connectivity index (χ1) is 11.6. The number of nitrogens with zero attached hydrogens (tertiary/aromatic N) is 2. The molecule has 1 aliphatic rings. The second-order valence-corrected chi connectivity index (χ2v) is 6.80. The zero-order valence-corrected chi connectivity index (χ0v) is 14.2. The van der Waals surface area contributed by atoms with Crippen molar-refractivity contribution in [2.45, 2.75) is 57.8 Å². The molecule has 0 unspecified atom stereocenters. The number of aromatic hydroxyl groups is 1. The summed E-state index contributed by atoms with van der Waals surface area (Å²) in [4.78, 5) is 6.99. The van der Waals surface area contributed by atoms with Crippen molar-refractivity contribution >= 4 is 0 Å². The number of phenols is 1. The van der Waals surface area contributed by atoms with Crippen molar-refractivity contribution in [1.29, 1.82) is 0 Å². The molecule has 1 fully saturated rings. The number of aliphatic hydroxyl groups excluding tert-OH is 1. The molecule has 1 saturated carbocycles. The molecule has 0 amide bonds. The molecule has 0 aliphatic heterocycles. The fraction of sp³-hybridized carbons (Fsp3) is 0.450. The number of benzene rings is 1. The summed E-state index contributed by atoms with van der Waals surface area (Å²) in [5.41, 5.74) is 3.41. The fourth-order valence-corrected chi connectivity index (χ4v) is 3.50. The highest BCUT2D eigenvalue weighted by molar-refractivity contribution is 5.27. The predicted molar refractivity (Wildman–Crippen MR) is 94.6 cm³/mol. The Labute approximate surface area is 143 Å². The van der Waals surface area contributed by atoms with E-state index in [4.69, 9.17) is 0 Å². The van der Waals surface area contributed by atoms with Crippen LogP contribution in [0.4, 0.5) is 0 Å². The van der Waals surface area contributed by atoms with Gasteiger partial charge in [0.15, 0.2) is 0 Å². The van der Waals surface area contributed by atoms with Crippen LogP contribution in [0.3, 0.4) is 0 Å². The van der Waals surface area contributed by atoms with Crippen molar-refractivity contribution in [3.8, 4) is 5.75 Å². The topological polar surface area (TPSA) is 56.6 Å². The number of hydrogen-bond donors (Lipinski definition) is 2. The third kappa shape index (κ3) is 4.34. The zero-order valence-electron chi connectivity index (χ0n) is 14.2. The first kappa shape index (κ1) is 16.9. The van der Waals surface area contributed by atoms with Crippen LogP contribution in [0.5, 0.6) is 5.75 Å². The van der Waals surface area contributed by atoms with Crippen molar-refractivity contribution in [3.63, 3.8) is 0 Å². The van der Waals surface area contributed by atoms with E-state index >= 15 is 0 Å². The van der Waals surface area contributed by atoms with E-state index < -0.39 is 0 Å². The van der Waals surface area contributed by atoms with E-state index in [9.17, 15) is 10.2 Å². The molecule has 2 aromatic rings. The molecular weight excluding hydrogens is 300 g/mol. The van der Waals surface area contributed by atoms with Crippen LogP contribution in [-0.2, 0) is 13.1 Å². The summed E-state index contributed by atoms with van der Waals surface area (Å²) in [6.45, 7) is 3.67. The van der Waals surface area contributed by atoms with Crippen LogP contribution < -0.4 is 0 Å². The van der Waals surface area contributed by atoms with Crippen molar-refractivity contribution in [2.24, 2.45) is 0 Å². The highest BCUT2D eigenvalue weighted by Gasteiger charge is 2.25. The number of phenolic OH excluding ortho intramolecular Hbond substituents is 1. The molecule has 4 heteroatoms. The molecule has 2 N–H and O–H groups in total. The molecule has 0 atom stereocenters. The summed E-state index contributed by atoms with van der Waals surface area (Å²) in [6, 6.07) is 12.0. The Bertz CT molecular complexity index is 666. The standard InChI is InChI=1S/C20H26N2O2/c1-15-4-3-11-21-20(15)14-22(17-7-9-18(23)10-8-17)13-16-5-2-6-19(24)12-16/h2-6,11-12,17-18,23-24H,7-10,13-14H2,1H3. The van der Waals surface area contributed by atoms with Gasteiger partial charge in [0.2, 0.25) is 0 Å². The second-order valence-electron chi connectivity index (χ2n) is 6.80. The van der Waals surface area contributed by atoms with Crippen molar-refractivity contribution in [2.75, 3.05) is 0 Å². The quantitative estimate of drug-likeness (QED) is 0.884. The molecular formula is C20H26N2O2. The van der Waals surface area contributed by atoms with Gasteiger partial charge in [0.25, 0.3) is 0 Å². The minimum atomic E-state index is -0.152. The Balaban J connectivity index is 1.79. The third-order valence-corrected chi connectivity index (χ3v) is 4.95. The Morgan fingerprint density at radius 3 is 2.58 bits per heavy atom. The van der Waals surface area contributed by atoms with Crippen molar-refractivity contribution < 1.29 is 10.2 Å². The van der Waals surface area contributed by atoms with Crippen LogP contribution >= 0.6 is 0 Å². The van der Waals surface area contributed by atoms with Crippen LogP contribution in [0.2, 0.25) is 0 Å². The van der Waals surface area contributed by atoms with E-state index in [2.05, 4.69) is 28.9 Å². The van der Waals surface area contributed by atoms with Crippen LogP contribution in [0.1, 0.15) is 42.5 Å². The highest BCUT2D eigenvalue weighted by Crippen LogP contribution is 2.27. The Kier molecular flexibility index (Phi) is 5.48. The molecule has 1 aliphatic carbocycles. The summed E-state index contributed by atoms with van der Waals surface area (Å²) in [5.74, 6) is 0.306. The number of aryl methyl sites for hydroxylation is 1. The summed E-state index contributed by atoms with van der Waals surface area (Å²) in [7, 11) is 0. The summed E-state index contributed by atoms with van der Waals surface area (Å²) in [6.07, 6.45) is 5.43. The SMILES string of the molecule is Cc1cccnc1CN(Cc1cccc(O)c1)C1CCC(O)CC1. The Hall–Kier alpha value is -1.91. The van der Waals surface area contributed by atoms with Gasteiger partial charge in [-0.3, -0.25) is 9.88 Å². The molecule has 1 heterocycles. The van der Waals surface area contributed by atoms with Crippen LogP contribution in [0.25, 0.3) is 0 Å². The first-order valence-electron chi connectivity index (χ1n) is 8.72. The fourth-order valence-electron chi connectivity index (χ4n) is 3.50. The minimum absolute atomic E-state index is 0.152. The summed E-state index contributed by atoms with van der Waals surface area (Å²) >= 11 is 0. The van der Waals surface area contributed by atoms with Gasteiger partial charge in [-0.1, -0.05) is 18.2 Å². The van der Waals surface area contributed by atoms with Crippen LogP contribution in [-0.4, -0.2) is 32.2 Å². The molecule has 4 nitrogen and oxygen atoms in total. The molecule has 24 heavy (non-hydrogen) atoms. The maximum atomic E-state index is 9.80. The molecule has 0 bridgehead atoms. The van der Waals surface area contributed by atoms with Gasteiger partial charge >= 0.3 is 0 Å². The van der Waals surface area contributed by atoms with Gasteiger partial charge in [0, 0.05) is 25.3 Å². The number of aliphatic hydroxyl groups is 1. The number of pyridine rings is 1. The Morgan fingerprint density at radius 1 is 1.08 bits per heavy atom. The smallest absolute Gasteiger partial charge is 0.115 e. The largest absolute Gasteiger partial charge is 0.508 e. The van der Waals surface area contributed by atoms with Gasteiger partial charge in [0.05, 0.1) is 11.8 Å². The van der Waals surface area contributed by atoms with Crippen molar-refractivity contribution in [1.82, 2.24) is 9.88 Å². The molecule has 0 saturated heterocycles. The monoisotopic (exact) mass is 326 g/mol. The average Bonchev–Trinajstić information content (AvgIpc) is 2.57. The maximum absolute atomic E-state index is 9.80. The van der Waals surface area contributed by atoms with E-state index in [0.717, 1.165) is 50.0 Å². The van der Waals surface area contributed by atoms with E-state index in [1.165, 1.54) is 5.56 Å². The molecule has 0 radical (unpaired) electrons. The minimum Gasteiger partial charge on any atom is -0.508 e. The predicted octanol–water partition coefficient (Wildman–Crippen LogP) is 3.40. The van der Waals surface area contributed by atoms with Crippen LogP contribution in [0, 0.1) is 6.92 Å². The summed E-state index contributed by atoms with van der Waals surface area (Å²) < 4.78 is 0. The van der Waals surface area contributed by atoms with E-state index in [1.807, 2.05) is 24.4 Å². The van der Waals surface area contributed by atoms with Crippen molar-refractivity contribution in [3.05, 3.63) is 59.4 Å². The van der Waals surface area contributed by atoms with E-state index in [0.29, 0.717) is 11.8 Å². The first-order valence-corrected chi connectivity index (χ1v) is 8.72. The van der Waals surface area contributed by atoms with Gasteiger partial charge < -0.3 is 10.2 Å². The van der Waals surface area contributed by atoms with Crippen LogP contribution in [0.15, 0.2) is 42.6 Å². The number of rotatable bonds is 5. The lowest BCUT2D eigenvalue weighted by molar-refractivity contribution is 0.0659. The highest BCUT2D eigenvalue weighted by atomic mass is 16.3. The number of hydrogen-bond acceptors (Lipinski definition) is 4. The second kappa shape index (κ2) is 7.77. The van der Waals surface area contributed by atoms with Gasteiger partial charge in [-0.2, -0.15) is 0 Å². The lowest BCUT2D eigenvalue weighted by Crippen LogP contribution is -2.38.